The Morgan fingerprint density at radius 1 is 1.03 bits per heavy atom. The summed E-state index contributed by atoms with van der Waals surface area (Å²) in [5, 5.41) is 9.09. The van der Waals surface area contributed by atoms with Gasteiger partial charge in [-0.1, -0.05) is 0 Å². The summed E-state index contributed by atoms with van der Waals surface area (Å²) in [5.74, 6) is -1.76. The summed E-state index contributed by atoms with van der Waals surface area (Å²) >= 11 is 0. The van der Waals surface area contributed by atoms with E-state index in [2.05, 4.69) is 19.9 Å². The summed E-state index contributed by atoms with van der Waals surface area (Å²) in [5.41, 5.74) is 1.55. The molecule has 0 saturated heterocycles. The molecule has 4 aromatic rings. The molecule has 0 atom stereocenters. The molecule has 3 aromatic heterocycles. The molecule has 1 aliphatic rings. The van der Waals surface area contributed by atoms with Crippen LogP contribution in [0, 0.1) is 17.6 Å². The lowest BCUT2D eigenvalue weighted by molar-refractivity contribution is -0.143. The Balaban J connectivity index is 1.33. The number of carbonyl (C=O) groups is 1. The number of benzene rings is 1. The predicted octanol–water partition coefficient (Wildman–Crippen LogP) is 4.99. The van der Waals surface area contributed by atoms with E-state index in [1.54, 1.807) is 30.5 Å². The first-order chi connectivity index (χ1) is 16.0. The number of hydrogen-bond acceptors (Lipinski definition) is 5. The molecule has 1 aromatic carbocycles. The maximum absolute atomic E-state index is 14.9. The summed E-state index contributed by atoms with van der Waals surface area (Å²) in [6, 6.07) is 8.90. The van der Waals surface area contributed by atoms with Gasteiger partial charge in [-0.15, -0.1) is 0 Å². The van der Waals surface area contributed by atoms with Crippen molar-refractivity contribution in [1.82, 2.24) is 19.9 Å². The lowest BCUT2D eigenvalue weighted by Gasteiger charge is -2.26. The monoisotopic (exact) mass is 450 g/mol. The average Bonchev–Trinajstić information content (AvgIpc) is 3.25. The van der Waals surface area contributed by atoms with Gasteiger partial charge in [-0.05, 0) is 56.0 Å². The normalized spacial score (nSPS) is 18.4. The lowest BCUT2D eigenvalue weighted by atomic mass is 9.87. The van der Waals surface area contributed by atoms with Crippen molar-refractivity contribution in [2.45, 2.75) is 31.8 Å². The van der Waals surface area contributed by atoms with Gasteiger partial charge in [0.15, 0.2) is 5.65 Å². The first-order valence-electron chi connectivity index (χ1n) is 10.6. The number of fused-ring (bicyclic) bond motifs is 1. The molecule has 5 rings (SSSR count). The van der Waals surface area contributed by atoms with Crippen LogP contribution in [-0.4, -0.2) is 37.1 Å². The third-order valence-electron chi connectivity index (χ3n) is 5.93. The zero-order chi connectivity index (χ0) is 22.9. The number of H-pyrrole nitrogens is 1. The maximum atomic E-state index is 14.9. The van der Waals surface area contributed by atoms with Crippen molar-refractivity contribution in [3.05, 3.63) is 60.4 Å². The largest absolute Gasteiger partial charge is 0.481 e. The SMILES string of the molecule is O=C(O)[C@H]1CC[C@@H](Oc2ccc(-c3cc(F)c(-c4nc5cccnc5[nH]4)cc3F)cn2)CC1. The highest BCUT2D eigenvalue weighted by atomic mass is 19.1. The number of aromatic nitrogens is 4. The summed E-state index contributed by atoms with van der Waals surface area (Å²) in [6.07, 6.45) is 5.32. The van der Waals surface area contributed by atoms with E-state index in [1.807, 2.05) is 0 Å². The minimum atomic E-state index is -0.770. The van der Waals surface area contributed by atoms with E-state index in [0.29, 0.717) is 48.3 Å². The second kappa shape index (κ2) is 8.57. The van der Waals surface area contributed by atoms with Crippen molar-refractivity contribution in [3.63, 3.8) is 0 Å². The Labute approximate surface area is 187 Å². The zero-order valence-electron chi connectivity index (χ0n) is 17.5. The molecular formula is C24H20F2N4O3. The summed E-state index contributed by atoms with van der Waals surface area (Å²) in [4.78, 5) is 26.6. The topological polar surface area (TPSA) is 101 Å². The van der Waals surface area contributed by atoms with E-state index in [1.165, 1.54) is 6.20 Å². The molecule has 7 nitrogen and oxygen atoms in total. The van der Waals surface area contributed by atoms with Crippen molar-refractivity contribution in [1.29, 1.82) is 0 Å². The Hall–Kier alpha value is -3.88. The summed E-state index contributed by atoms with van der Waals surface area (Å²) < 4.78 is 35.6. The van der Waals surface area contributed by atoms with E-state index in [4.69, 9.17) is 9.84 Å². The van der Waals surface area contributed by atoms with Crippen LogP contribution in [0.5, 0.6) is 5.88 Å². The van der Waals surface area contributed by atoms with Gasteiger partial charge in [-0.2, -0.15) is 0 Å². The fraction of sp³-hybridized carbons (Fsp3) is 0.250. The van der Waals surface area contributed by atoms with Gasteiger partial charge in [0.25, 0.3) is 0 Å². The van der Waals surface area contributed by atoms with Gasteiger partial charge >= 0.3 is 5.97 Å². The van der Waals surface area contributed by atoms with Gasteiger partial charge < -0.3 is 14.8 Å². The number of carboxylic acid groups (broad SMARTS) is 1. The van der Waals surface area contributed by atoms with E-state index in [9.17, 15) is 13.6 Å². The Bertz CT molecular complexity index is 1280. The molecule has 0 aliphatic heterocycles. The molecule has 0 unspecified atom stereocenters. The van der Waals surface area contributed by atoms with Gasteiger partial charge in [-0.3, -0.25) is 4.79 Å². The highest BCUT2D eigenvalue weighted by molar-refractivity contribution is 5.77. The molecule has 1 aliphatic carbocycles. The number of aromatic amines is 1. The highest BCUT2D eigenvalue weighted by Gasteiger charge is 2.27. The van der Waals surface area contributed by atoms with Crippen molar-refractivity contribution in [2.75, 3.05) is 0 Å². The quantitative estimate of drug-likeness (QED) is 0.444. The Morgan fingerprint density at radius 3 is 2.48 bits per heavy atom. The number of aliphatic carboxylic acids is 1. The molecule has 0 spiro atoms. The summed E-state index contributed by atoms with van der Waals surface area (Å²) in [6.45, 7) is 0. The third-order valence-corrected chi connectivity index (χ3v) is 5.93. The van der Waals surface area contributed by atoms with Crippen LogP contribution in [0.3, 0.4) is 0 Å². The number of imidazole rings is 1. The molecule has 0 radical (unpaired) electrons. The minimum absolute atomic E-state index is 0.0131. The second-order valence-corrected chi connectivity index (χ2v) is 8.08. The number of carboxylic acids is 1. The lowest BCUT2D eigenvalue weighted by Crippen LogP contribution is -2.28. The molecule has 0 amide bonds. The Kier molecular flexibility index (Phi) is 5.45. The standard InChI is InChI=1S/C24H20F2N4O3/c25-18-11-17(22-29-20-2-1-9-27-23(20)30-22)19(26)10-16(18)14-5-8-21(28-12-14)33-15-6-3-13(4-7-15)24(31)32/h1-2,5,8-13,15H,3-4,6-7H2,(H,31,32)(H,27,29,30)/t13-,15+. The molecule has 3 heterocycles. The second-order valence-electron chi connectivity index (χ2n) is 8.08. The van der Waals surface area contributed by atoms with E-state index in [0.717, 1.165) is 12.1 Å². The fourth-order valence-corrected chi connectivity index (χ4v) is 4.13. The smallest absolute Gasteiger partial charge is 0.306 e. The van der Waals surface area contributed by atoms with Crippen LogP contribution in [0.4, 0.5) is 8.78 Å². The van der Waals surface area contributed by atoms with Crippen molar-refractivity contribution >= 4 is 17.1 Å². The zero-order valence-corrected chi connectivity index (χ0v) is 17.5. The van der Waals surface area contributed by atoms with Gasteiger partial charge in [0, 0.05) is 29.6 Å². The van der Waals surface area contributed by atoms with Crippen LogP contribution >= 0.6 is 0 Å². The first kappa shape index (κ1) is 21.0. The average molecular weight is 450 g/mol. The maximum Gasteiger partial charge on any atom is 0.306 e. The number of nitrogens with zero attached hydrogens (tertiary/aromatic N) is 3. The number of nitrogens with one attached hydrogen (secondary N) is 1. The van der Waals surface area contributed by atoms with Crippen LogP contribution in [0.2, 0.25) is 0 Å². The molecule has 1 saturated carbocycles. The third kappa shape index (κ3) is 4.26. The van der Waals surface area contributed by atoms with Crippen LogP contribution in [0.15, 0.2) is 48.8 Å². The molecule has 0 bridgehead atoms. The van der Waals surface area contributed by atoms with E-state index < -0.39 is 17.6 Å². The molecule has 9 heteroatoms. The molecule has 33 heavy (non-hydrogen) atoms. The van der Waals surface area contributed by atoms with Gasteiger partial charge in [0.2, 0.25) is 5.88 Å². The van der Waals surface area contributed by atoms with E-state index in [-0.39, 0.29) is 29.0 Å². The number of rotatable bonds is 5. The molecular weight excluding hydrogens is 430 g/mol. The number of pyridine rings is 2. The highest BCUT2D eigenvalue weighted by Crippen LogP contribution is 2.32. The minimum Gasteiger partial charge on any atom is -0.481 e. The number of halogens is 2. The molecule has 168 valence electrons. The van der Waals surface area contributed by atoms with Crippen LogP contribution in [-0.2, 0) is 4.79 Å². The molecule has 2 N–H and O–H groups in total. The van der Waals surface area contributed by atoms with E-state index >= 15 is 0 Å². The van der Waals surface area contributed by atoms with Crippen molar-refractivity contribution in [3.8, 4) is 28.4 Å². The van der Waals surface area contributed by atoms with Crippen LogP contribution < -0.4 is 4.74 Å². The van der Waals surface area contributed by atoms with Gasteiger partial charge in [0.1, 0.15) is 29.1 Å². The van der Waals surface area contributed by atoms with Gasteiger partial charge in [0.05, 0.1) is 11.5 Å². The van der Waals surface area contributed by atoms with Crippen LogP contribution in [0.1, 0.15) is 25.7 Å². The fourth-order valence-electron chi connectivity index (χ4n) is 4.13. The first-order valence-corrected chi connectivity index (χ1v) is 10.6. The number of hydrogen-bond donors (Lipinski definition) is 2. The van der Waals surface area contributed by atoms with Crippen molar-refractivity contribution < 1.29 is 23.4 Å². The molecule has 1 fully saturated rings. The van der Waals surface area contributed by atoms with Crippen molar-refractivity contribution in [2.24, 2.45) is 5.92 Å². The van der Waals surface area contributed by atoms with Gasteiger partial charge in [-0.25, -0.2) is 23.7 Å². The number of ether oxygens (including phenoxy) is 1. The predicted molar refractivity (Wildman–Crippen MR) is 116 cm³/mol. The Morgan fingerprint density at radius 2 is 1.79 bits per heavy atom. The van der Waals surface area contributed by atoms with Crippen LogP contribution in [0.25, 0.3) is 33.7 Å². The summed E-state index contributed by atoms with van der Waals surface area (Å²) in [7, 11) is 0.